The number of hydrogen-bond donors (Lipinski definition) is 2. The summed E-state index contributed by atoms with van der Waals surface area (Å²) >= 11 is 0. The van der Waals surface area contributed by atoms with E-state index in [1.165, 1.54) is 5.56 Å². The number of rotatable bonds is 10. The number of carbonyl (C=O) groups excluding carboxylic acids is 2. The van der Waals surface area contributed by atoms with Gasteiger partial charge in [-0.15, -0.1) is 0 Å². The second-order valence-corrected chi connectivity index (χ2v) is 8.64. The number of aryl methyl sites for hydroxylation is 2. The number of para-hydroxylation sites is 1. The van der Waals surface area contributed by atoms with E-state index >= 15 is 0 Å². The highest BCUT2D eigenvalue weighted by atomic mass is 16.2. The maximum Gasteiger partial charge on any atom is 0.248 e. The minimum Gasteiger partial charge on any atom is -0.366 e. The van der Waals surface area contributed by atoms with Crippen LogP contribution in [-0.4, -0.2) is 56.0 Å². The molecule has 6 nitrogen and oxygen atoms in total. The first-order chi connectivity index (χ1) is 14.6. The third-order valence-electron chi connectivity index (χ3n) is 5.71. The summed E-state index contributed by atoms with van der Waals surface area (Å²) in [5.41, 5.74) is 10.3. The molecule has 0 radical (unpaired) electrons. The van der Waals surface area contributed by atoms with Crippen LogP contribution in [0.2, 0.25) is 0 Å². The van der Waals surface area contributed by atoms with E-state index in [2.05, 4.69) is 29.0 Å². The number of nitrogens with two attached hydrogens (primary N) is 1. The maximum absolute atomic E-state index is 12.7. The number of carbonyl (C=O) groups is 2. The molecule has 0 fully saturated rings. The van der Waals surface area contributed by atoms with Gasteiger partial charge in [0, 0.05) is 29.9 Å². The summed E-state index contributed by atoms with van der Waals surface area (Å²) in [7, 11) is 4.04. The summed E-state index contributed by atoms with van der Waals surface area (Å²) in [6.45, 7) is 9.03. The van der Waals surface area contributed by atoms with Crippen molar-refractivity contribution in [3.8, 4) is 0 Å². The number of benzene rings is 2. The number of hydrogen-bond acceptors (Lipinski definition) is 4. The van der Waals surface area contributed by atoms with Crippen molar-refractivity contribution in [1.29, 1.82) is 0 Å². The van der Waals surface area contributed by atoms with Gasteiger partial charge in [-0.25, -0.2) is 0 Å². The van der Waals surface area contributed by atoms with Gasteiger partial charge in [0.2, 0.25) is 11.8 Å². The average Bonchev–Trinajstić information content (AvgIpc) is 2.70. The lowest BCUT2D eigenvalue weighted by Gasteiger charge is -2.30. The lowest BCUT2D eigenvalue weighted by molar-refractivity contribution is -0.120. The summed E-state index contributed by atoms with van der Waals surface area (Å²) in [6, 6.07) is 14.0. The van der Waals surface area contributed by atoms with Crippen LogP contribution < -0.4 is 16.0 Å². The molecule has 0 aliphatic rings. The molecule has 1 atom stereocenters. The summed E-state index contributed by atoms with van der Waals surface area (Å²) in [5.74, 6) is -0.413. The summed E-state index contributed by atoms with van der Waals surface area (Å²) in [5, 5.41) is 3.11. The number of likely N-dealkylation sites (N-methyl/N-ethyl adjacent to an activating group) is 1. The van der Waals surface area contributed by atoms with Crippen molar-refractivity contribution in [2.24, 2.45) is 5.73 Å². The molecule has 0 saturated heterocycles. The molecule has 0 bridgehead atoms. The smallest absolute Gasteiger partial charge is 0.248 e. The van der Waals surface area contributed by atoms with Crippen LogP contribution in [0.5, 0.6) is 0 Å². The molecule has 2 rings (SSSR count). The second-order valence-electron chi connectivity index (χ2n) is 8.64. The molecule has 31 heavy (non-hydrogen) atoms. The monoisotopic (exact) mass is 424 g/mol. The molecule has 6 heteroatoms. The van der Waals surface area contributed by atoms with Gasteiger partial charge >= 0.3 is 0 Å². The Morgan fingerprint density at radius 3 is 2.10 bits per heavy atom. The lowest BCUT2D eigenvalue weighted by atomic mass is 9.93. The highest BCUT2D eigenvalue weighted by Crippen LogP contribution is 2.20. The molecule has 0 spiro atoms. The molecule has 0 aliphatic heterocycles. The minimum atomic E-state index is -0.415. The Morgan fingerprint density at radius 2 is 1.61 bits per heavy atom. The van der Waals surface area contributed by atoms with E-state index in [-0.39, 0.29) is 18.0 Å². The van der Waals surface area contributed by atoms with E-state index in [4.69, 9.17) is 5.73 Å². The van der Waals surface area contributed by atoms with Crippen LogP contribution in [-0.2, 0) is 11.2 Å². The lowest BCUT2D eigenvalue weighted by Crippen LogP contribution is -2.46. The summed E-state index contributed by atoms with van der Waals surface area (Å²) in [4.78, 5) is 28.5. The normalized spacial score (nSPS) is 12.1. The van der Waals surface area contributed by atoms with Gasteiger partial charge in [-0.3, -0.25) is 9.59 Å². The molecule has 1 unspecified atom stereocenters. The van der Waals surface area contributed by atoms with E-state index in [0.29, 0.717) is 18.7 Å². The first-order valence-electron chi connectivity index (χ1n) is 10.7. The van der Waals surface area contributed by atoms with Crippen molar-refractivity contribution in [3.05, 3.63) is 64.7 Å². The maximum atomic E-state index is 12.7. The molecule has 2 aromatic rings. The minimum absolute atomic E-state index is 0.00178. The molecule has 2 amide bonds. The van der Waals surface area contributed by atoms with Crippen LogP contribution in [0.25, 0.3) is 0 Å². The fourth-order valence-corrected chi connectivity index (χ4v) is 3.76. The fraction of sp³-hybridized carbons (Fsp3) is 0.440. The number of nitrogens with one attached hydrogen (secondary N) is 1. The Bertz CT molecular complexity index is 871. The van der Waals surface area contributed by atoms with E-state index in [0.717, 1.165) is 23.2 Å². The zero-order valence-corrected chi connectivity index (χ0v) is 19.6. The first kappa shape index (κ1) is 24.4. The Hall–Kier alpha value is -2.86. The number of nitrogens with zero attached hydrogens (tertiary/aromatic N) is 2. The Labute approximate surface area is 186 Å². The highest BCUT2D eigenvalue weighted by molar-refractivity contribution is 5.93. The largest absolute Gasteiger partial charge is 0.366 e. The van der Waals surface area contributed by atoms with Crippen molar-refractivity contribution in [1.82, 2.24) is 10.2 Å². The number of amides is 2. The molecule has 0 aliphatic carbocycles. The van der Waals surface area contributed by atoms with Crippen molar-refractivity contribution in [2.75, 3.05) is 32.1 Å². The predicted octanol–water partition coefficient (Wildman–Crippen LogP) is 2.91. The zero-order chi connectivity index (χ0) is 23.1. The number of primary amides is 1. The first-order valence-corrected chi connectivity index (χ1v) is 10.7. The van der Waals surface area contributed by atoms with Crippen LogP contribution >= 0.6 is 0 Å². The van der Waals surface area contributed by atoms with Gasteiger partial charge in [-0.1, -0.05) is 18.2 Å². The van der Waals surface area contributed by atoms with E-state index in [1.54, 1.807) is 0 Å². The van der Waals surface area contributed by atoms with Crippen LogP contribution in [0.1, 0.15) is 40.9 Å². The van der Waals surface area contributed by atoms with Gasteiger partial charge < -0.3 is 20.9 Å². The van der Waals surface area contributed by atoms with Gasteiger partial charge in [-0.2, -0.15) is 0 Å². The average molecular weight is 425 g/mol. The third kappa shape index (κ3) is 6.82. The van der Waals surface area contributed by atoms with E-state index < -0.39 is 5.91 Å². The molecule has 0 saturated carbocycles. The molecule has 2 aromatic carbocycles. The Balaban J connectivity index is 2.06. The molecular formula is C25H36N4O2. The standard InChI is InChI=1S/C25H36N4O2/c1-17(2)29(21-10-8-7-9-11-21)16-24(30)27-15-22(28(5)6)14-23-18(3)12-20(25(26)31)13-19(23)4/h7-13,17,22H,14-16H2,1-6H3,(H2,26,31)(H,27,30). The van der Waals surface area contributed by atoms with Gasteiger partial charge in [0.1, 0.15) is 0 Å². The predicted molar refractivity (Wildman–Crippen MR) is 128 cm³/mol. The van der Waals surface area contributed by atoms with Gasteiger partial charge in [0.05, 0.1) is 6.54 Å². The van der Waals surface area contributed by atoms with Crippen LogP contribution in [0, 0.1) is 13.8 Å². The molecule has 0 aromatic heterocycles. The fourth-order valence-electron chi connectivity index (χ4n) is 3.76. The number of anilines is 1. The third-order valence-corrected chi connectivity index (χ3v) is 5.71. The molecule has 168 valence electrons. The second kappa shape index (κ2) is 11.0. The van der Waals surface area contributed by atoms with E-state index in [1.807, 2.05) is 70.4 Å². The molecular weight excluding hydrogens is 388 g/mol. The van der Waals surface area contributed by atoms with Gasteiger partial charge in [0.15, 0.2) is 0 Å². The molecule has 0 heterocycles. The SMILES string of the molecule is Cc1cc(C(N)=O)cc(C)c1CC(CNC(=O)CN(c1ccccc1)C(C)C)N(C)C. The highest BCUT2D eigenvalue weighted by Gasteiger charge is 2.19. The van der Waals surface area contributed by atoms with Crippen LogP contribution in [0.4, 0.5) is 5.69 Å². The van der Waals surface area contributed by atoms with Crippen molar-refractivity contribution in [2.45, 2.75) is 46.2 Å². The Morgan fingerprint density at radius 1 is 1.03 bits per heavy atom. The summed E-state index contributed by atoms with van der Waals surface area (Å²) in [6.07, 6.45) is 0.774. The molecule has 3 N–H and O–H groups in total. The van der Waals surface area contributed by atoms with Crippen molar-refractivity contribution >= 4 is 17.5 Å². The zero-order valence-electron chi connectivity index (χ0n) is 19.6. The Kier molecular flexibility index (Phi) is 8.63. The summed E-state index contributed by atoms with van der Waals surface area (Å²) < 4.78 is 0. The quantitative estimate of drug-likeness (QED) is 0.615. The van der Waals surface area contributed by atoms with Gasteiger partial charge in [0.25, 0.3) is 0 Å². The van der Waals surface area contributed by atoms with Crippen LogP contribution in [0.15, 0.2) is 42.5 Å². The van der Waals surface area contributed by atoms with Gasteiger partial charge in [-0.05, 0) is 89.2 Å². The van der Waals surface area contributed by atoms with Crippen molar-refractivity contribution < 1.29 is 9.59 Å². The van der Waals surface area contributed by atoms with E-state index in [9.17, 15) is 9.59 Å². The van der Waals surface area contributed by atoms with Crippen molar-refractivity contribution in [3.63, 3.8) is 0 Å². The van der Waals surface area contributed by atoms with Crippen LogP contribution in [0.3, 0.4) is 0 Å². The topological polar surface area (TPSA) is 78.7 Å².